The number of aryl methyl sites for hydroxylation is 2. The van der Waals surface area contributed by atoms with Crippen molar-refractivity contribution in [3.63, 3.8) is 0 Å². The van der Waals surface area contributed by atoms with Gasteiger partial charge in [-0.25, -0.2) is 4.79 Å². The van der Waals surface area contributed by atoms with E-state index in [1.807, 2.05) is 32.0 Å². The van der Waals surface area contributed by atoms with Crippen LogP contribution < -0.4 is 10.6 Å². The Balaban J connectivity index is 0.00000169. The van der Waals surface area contributed by atoms with Gasteiger partial charge in [0, 0.05) is 14.2 Å². The fraction of sp³-hybridized carbons (Fsp3) is 0.300. The summed E-state index contributed by atoms with van der Waals surface area (Å²) >= 11 is 0. The number of urea groups is 1. The first kappa shape index (κ1) is 9.58. The van der Waals surface area contributed by atoms with Gasteiger partial charge in [-0.15, -0.1) is 0 Å². The number of carbonyl (C=O) groups is 1. The van der Waals surface area contributed by atoms with E-state index >= 15 is 0 Å². The summed E-state index contributed by atoms with van der Waals surface area (Å²) < 4.78 is 0. The van der Waals surface area contributed by atoms with E-state index in [1.165, 1.54) is 0 Å². The van der Waals surface area contributed by atoms with Gasteiger partial charge in [0.1, 0.15) is 0 Å². The quantitative estimate of drug-likeness (QED) is 0.684. The molecule has 72 valence electrons. The van der Waals surface area contributed by atoms with Gasteiger partial charge in [-0.05, 0) is 25.0 Å². The third kappa shape index (κ3) is 2.21. The molecule has 0 fully saturated rings. The van der Waals surface area contributed by atoms with Crippen LogP contribution in [0.2, 0.25) is 0 Å². The Labute approximate surface area is 79.6 Å². The maximum atomic E-state index is 11.1. The van der Waals surface area contributed by atoms with Crippen molar-refractivity contribution in [2.75, 3.05) is 12.4 Å². The number of benzene rings is 1. The topological polar surface area (TPSA) is 41.1 Å². The molecule has 3 nitrogen and oxygen atoms in total. The van der Waals surface area contributed by atoms with Crippen LogP contribution in [0.15, 0.2) is 18.2 Å². The van der Waals surface area contributed by atoms with Gasteiger partial charge in [0.05, 0.1) is 0 Å². The molecule has 0 heterocycles. The third-order valence-corrected chi connectivity index (χ3v) is 1.95. The summed E-state index contributed by atoms with van der Waals surface area (Å²) in [6, 6.07) is 5.73. The second-order valence-corrected chi connectivity index (χ2v) is 2.97. The van der Waals surface area contributed by atoms with Crippen LogP contribution in [0.25, 0.3) is 0 Å². The fourth-order valence-corrected chi connectivity index (χ4v) is 1.19. The average molecular weight is 180 g/mol. The van der Waals surface area contributed by atoms with Crippen LogP contribution in [0.4, 0.5) is 10.5 Å². The molecule has 3 heteroatoms. The molecule has 0 saturated heterocycles. The van der Waals surface area contributed by atoms with Crippen LogP contribution >= 0.6 is 0 Å². The van der Waals surface area contributed by atoms with E-state index in [4.69, 9.17) is 0 Å². The molecule has 0 aliphatic heterocycles. The van der Waals surface area contributed by atoms with E-state index in [9.17, 15) is 4.79 Å². The second-order valence-electron chi connectivity index (χ2n) is 2.97. The molecule has 1 aromatic rings. The van der Waals surface area contributed by atoms with Gasteiger partial charge >= 0.3 is 6.03 Å². The summed E-state index contributed by atoms with van der Waals surface area (Å²) in [5.74, 6) is 0. The van der Waals surface area contributed by atoms with Crippen LogP contribution in [-0.2, 0) is 0 Å². The number of nitrogens with one attached hydrogen (secondary N) is 2. The smallest absolute Gasteiger partial charge is 0.318 e. The van der Waals surface area contributed by atoms with Crippen LogP contribution in [0.3, 0.4) is 0 Å². The van der Waals surface area contributed by atoms with E-state index in [-0.39, 0.29) is 7.46 Å². The molecule has 0 aliphatic rings. The fourth-order valence-electron chi connectivity index (χ4n) is 1.19. The number of hydrogen-bond donors (Lipinski definition) is 2. The van der Waals surface area contributed by atoms with Gasteiger partial charge in [0.25, 0.3) is 0 Å². The van der Waals surface area contributed by atoms with Crippen LogP contribution in [0.1, 0.15) is 12.6 Å². The van der Waals surface area contributed by atoms with Crippen LogP contribution in [0.5, 0.6) is 0 Å². The number of hydrogen-bond acceptors (Lipinski definition) is 1. The van der Waals surface area contributed by atoms with E-state index in [2.05, 4.69) is 10.6 Å². The lowest BCUT2D eigenvalue weighted by atomic mass is 10.1. The first-order chi connectivity index (χ1) is 6.15. The van der Waals surface area contributed by atoms with E-state index in [0.29, 0.717) is 0 Å². The molecule has 0 unspecified atom stereocenters. The SMILES string of the molecule is CNC(=O)Nc1c(C)cccc1C.[HH]. The number of para-hydroxylation sites is 1. The Bertz CT molecular complexity index is 306. The lowest BCUT2D eigenvalue weighted by molar-refractivity contribution is 0.254. The molecule has 13 heavy (non-hydrogen) atoms. The van der Waals surface area contributed by atoms with Crippen molar-refractivity contribution in [1.29, 1.82) is 0 Å². The summed E-state index contributed by atoms with van der Waals surface area (Å²) in [6.45, 7) is 3.94. The van der Waals surface area contributed by atoms with Crippen molar-refractivity contribution >= 4 is 11.7 Å². The molecule has 0 bridgehead atoms. The van der Waals surface area contributed by atoms with Crippen LogP contribution in [0, 0.1) is 13.8 Å². The van der Waals surface area contributed by atoms with E-state index in [1.54, 1.807) is 7.05 Å². The summed E-state index contributed by atoms with van der Waals surface area (Å²) in [4.78, 5) is 11.1. The number of carbonyl (C=O) groups excluding carboxylic acids is 1. The maximum Gasteiger partial charge on any atom is 0.318 e. The molecular weight excluding hydrogens is 164 g/mol. The summed E-state index contributed by atoms with van der Waals surface area (Å²) in [5, 5.41) is 5.30. The monoisotopic (exact) mass is 180 g/mol. The summed E-state index contributed by atoms with van der Waals surface area (Å²) in [7, 11) is 1.60. The van der Waals surface area contributed by atoms with Crippen molar-refractivity contribution in [1.82, 2.24) is 5.32 Å². The molecule has 0 saturated carbocycles. The van der Waals surface area contributed by atoms with Crippen molar-refractivity contribution in [3.05, 3.63) is 29.3 Å². The zero-order valence-corrected chi connectivity index (χ0v) is 8.14. The predicted octanol–water partition coefficient (Wildman–Crippen LogP) is 2.30. The molecule has 0 aliphatic carbocycles. The Morgan fingerprint density at radius 1 is 1.31 bits per heavy atom. The largest absolute Gasteiger partial charge is 0.341 e. The maximum absolute atomic E-state index is 11.1. The predicted molar refractivity (Wildman–Crippen MR) is 56.1 cm³/mol. The van der Waals surface area contributed by atoms with Crippen LogP contribution in [-0.4, -0.2) is 13.1 Å². The van der Waals surface area contributed by atoms with E-state index in [0.717, 1.165) is 16.8 Å². The van der Waals surface area contributed by atoms with Gasteiger partial charge in [0.15, 0.2) is 0 Å². The highest BCUT2D eigenvalue weighted by molar-refractivity contribution is 5.90. The number of rotatable bonds is 1. The molecule has 2 N–H and O–H groups in total. The summed E-state index contributed by atoms with van der Waals surface area (Å²) in [5.41, 5.74) is 3.04. The molecule has 0 atom stereocenters. The van der Waals surface area contributed by atoms with E-state index < -0.39 is 0 Å². The first-order valence-corrected chi connectivity index (χ1v) is 4.20. The minimum absolute atomic E-state index is 0. The van der Waals surface area contributed by atoms with Gasteiger partial charge in [-0.1, -0.05) is 18.2 Å². The normalized spacial score (nSPS) is 9.46. The van der Waals surface area contributed by atoms with Crippen molar-refractivity contribution in [2.45, 2.75) is 13.8 Å². The highest BCUT2D eigenvalue weighted by Gasteiger charge is 2.03. The molecular formula is C10H16N2O. The molecule has 1 aromatic carbocycles. The highest BCUT2D eigenvalue weighted by Crippen LogP contribution is 2.18. The lowest BCUT2D eigenvalue weighted by Crippen LogP contribution is -2.25. The Hall–Kier alpha value is -1.51. The standard InChI is InChI=1S/C10H14N2O.H2/c1-7-5-4-6-8(2)9(7)12-10(13)11-3;/h4-6H,1-3H3,(H2,11,12,13);1H. The first-order valence-electron chi connectivity index (χ1n) is 4.20. The second kappa shape index (κ2) is 3.94. The van der Waals surface area contributed by atoms with Gasteiger partial charge in [-0.2, -0.15) is 0 Å². The number of anilines is 1. The molecule has 0 radical (unpaired) electrons. The minimum Gasteiger partial charge on any atom is -0.341 e. The Kier molecular flexibility index (Phi) is 2.90. The van der Waals surface area contributed by atoms with Crippen molar-refractivity contribution < 1.29 is 6.22 Å². The zero-order chi connectivity index (χ0) is 9.84. The minimum atomic E-state index is -0.183. The molecule has 0 spiro atoms. The Morgan fingerprint density at radius 3 is 2.31 bits per heavy atom. The molecule has 0 aromatic heterocycles. The molecule has 2 amide bonds. The highest BCUT2D eigenvalue weighted by atomic mass is 16.2. The average Bonchev–Trinajstić information content (AvgIpc) is 2.11. The van der Waals surface area contributed by atoms with Crippen molar-refractivity contribution in [3.8, 4) is 0 Å². The zero-order valence-electron chi connectivity index (χ0n) is 8.14. The number of amides is 2. The third-order valence-electron chi connectivity index (χ3n) is 1.95. The van der Waals surface area contributed by atoms with Crippen molar-refractivity contribution in [2.24, 2.45) is 0 Å². The summed E-state index contributed by atoms with van der Waals surface area (Å²) in [6.07, 6.45) is 0. The molecule has 1 rings (SSSR count). The Morgan fingerprint density at radius 2 is 1.85 bits per heavy atom. The van der Waals surface area contributed by atoms with Gasteiger partial charge in [0.2, 0.25) is 0 Å². The lowest BCUT2D eigenvalue weighted by Gasteiger charge is -2.10. The van der Waals surface area contributed by atoms with Gasteiger partial charge in [-0.3, -0.25) is 0 Å². The van der Waals surface area contributed by atoms with Gasteiger partial charge < -0.3 is 10.6 Å².